The predicted molar refractivity (Wildman–Crippen MR) is 108 cm³/mol. The zero-order valence-electron chi connectivity index (χ0n) is 16.4. The Balaban J connectivity index is 1.95. The smallest absolute Gasteiger partial charge is 0.307 e. The molecule has 3 aromatic rings. The van der Waals surface area contributed by atoms with Crippen molar-refractivity contribution in [2.75, 3.05) is 6.54 Å². The quantitative estimate of drug-likeness (QED) is 0.666. The monoisotopic (exact) mass is 390 g/mol. The number of carboxylic acids is 1. The van der Waals surface area contributed by atoms with Crippen molar-refractivity contribution in [1.82, 2.24) is 19.9 Å². The summed E-state index contributed by atoms with van der Waals surface area (Å²) in [6.45, 7) is 4.82. The fraction of sp³-hybridized carbons (Fsp3) is 0.227. The molecule has 2 heterocycles. The van der Waals surface area contributed by atoms with Crippen molar-refractivity contribution in [2.45, 2.75) is 26.8 Å². The fourth-order valence-corrected chi connectivity index (χ4v) is 3.15. The summed E-state index contributed by atoms with van der Waals surface area (Å²) in [6, 6.07) is 7.83. The lowest BCUT2D eigenvalue weighted by atomic mass is 9.97. The van der Waals surface area contributed by atoms with Crippen molar-refractivity contribution in [3.63, 3.8) is 0 Å². The number of amides is 1. The molecule has 0 spiro atoms. The second kappa shape index (κ2) is 9.05. The van der Waals surface area contributed by atoms with Gasteiger partial charge in [0.1, 0.15) is 5.69 Å². The molecule has 0 saturated heterocycles. The summed E-state index contributed by atoms with van der Waals surface area (Å²) in [5, 5.41) is 9.06. The number of aryl methyl sites for hydroxylation is 1. The van der Waals surface area contributed by atoms with Crippen LogP contribution in [0.15, 0.2) is 55.2 Å². The Labute approximate surface area is 169 Å². The number of rotatable bonds is 7. The predicted octanol–water partition coefficient (Wildman–Crippen LogP) is 3.14. The van der Waals surface area contributed by atoms with Gasteiger partial charge in [0.25, 0.3) is 5.91 Å². The molecule has 0 unspecified atom stereocenters. The molecule has 0 bridgehead atoms. The first kappa shape index (κ1) is 20.1. The van der Waals surface area contributed by atoms with Crippen molar-refractivity contribution in [2.24, 2.45) is 0 Å². The zero-order chi connectivity index (χ0) is 20.8. The van der Waals surface area contributed by atoms with E-state index >= 15 is 0 Å². The molecule has 7 heteroatoms. The van der Waals surface area contributed by atoms with Gasteiger partial charge in [0.2, 0.25) is 0 Å². The van der Waals surface area contributed by atoms with Crippen molar-refractivity contribution in [3.05, 3.63) is 77.6 Å². The molecular weight excluding hydrogens is 368 g/mol. The molecule has 1 aromatic carbocycles. The lowest BCUT2D eigenvalue weighted by molar-refractivity contribution is -0.136. The van der Waals surface area contributed by atoms with Crippen molar-refractivity contribution in [3.8, 4) is 11.1 Å². The van der Waals surface area contributed by atoms with Crippen LogP contribution in [0.1, 0.15) is 34.1 Å². The lowest BCUT2D eigenvalue weighted by Crippen LogP contribution is -2.31. The third-order valence-corrected chi connectivity index (χ3v) is 4.53. The van der Waals surface area contributed by atoms with E-state index in [0.29, 0.717) is 24.3 Å². The van der Waals surface area contributed by atoms with Crippen LogP contribution >= 0.6 is 0 Å². The maximum absolute atomic E-state index is 12.8. The minimum atomic E-state index is -0.903. The van der Waals surface area contributed by atoms with E-state index in [1.165, 1.54) is 18.6 Å². The van der Waals surface area contributed by atoms with Crippen LogP contribution in [0.2, 0.25) is 0 Å². The van der Waals surface area contributed by atoms with E-state index in [-0.39, 0.29) is 12.3 Å². The average Bonchev–Trinajstić information content (AvgIpc) is 2.72. The molecule has 0 fully saturated rings. The minimum absolute atomic E-state index is 0.0890. The van der Waals surface area contributed by atoms with E-state index in [1.54, 1.807) is 17.3 Å². The molecule has 0 radical (unpaired) electrons. The molecular formula is C22H22N4O3. The van der Waals surface area contributed by atoms with E-state index in [0.717, 1.165) is 22.3 Å². The standard InChI is InChI=1S/C22H22N4O3/c1-3-26(22(29)20-13-23-6-7-25-20)14-18-8-15(2)4-5-19(18)17-9-16(10-21(27)28)11-24-12-17/h4-9,11-13H,3,10,14H2,1-2H3,(H,27,28). The molecule has 0 aliphatic carbocycles. The second-order valence-electron chi connectivity index (χ2n) is 6.72. The summed E-state index contributed by atoms with van der Waals surface area (Å²) < 4.78 is 0. The van der Waals surface area contributed by atoms with Crippen LogP contribution in [0.25, 0.3) is 11.1 Å². The number of pyridine rings is 1. The number of hydrogen-bond donors (Lipinski definition) is 1. The summed E-state index contributed by atoms with van der Waals surface area (Å²) in [6.07, 6.45) is 7.67. The third-order valence-electron chi connectivity index (χ3n) is 4.53. The lowest BCUT2D eigenvalue weighted by Gasteiger charge is -2.22. The van der Waals surface area contributed by atoms with Gasteiger partial charge in [-0.05, 0) is 36.6 Å². The Bertz CT molecular complexity index is 1020. The Hall–Kier alpha value is -3.61. The fourth-order valence-electron chi connectivity index (χ4n) is 3.15. The summed E-state index contributed by atoms with van der Waals surface area (Å²) in [7, 11) is 0. The molecule has 0 saturated carbocycles. The van der Waals surface area contributed by atoms with Gasteiger partial charge in [-0.25, -0.2) is 4.98 Å². The maximum Gasteiger partial charge on any atom is 0.307 e. The molecule has 7 nitrogen and oxygen atoms in total. The number of hydrogen-bond acceptors (Lipinski definition) is 5. The SMILES string of the molecule is CCN(Cc1cc(C)ccc1-c1cncc(CC(=O)O)c1)C(=O)c1cnccn1. The van der Waals surface area contributed by atoms with E-state index in [2.05, 4.69) is 15.0 Å². The molecule has 1 amide bonds. The first-order valence-electron chi connectivity index (χ1n) is 9.29. The number of carbonyl (C=O) groups excluding carboxylic acids is 1. The first-order chi connectivity index (χ1) is 14.0. The molecule has 148 valence electrons. The van der Waals surface area contributed by atoms with Crippen LogP contribution in [0.5, 0.6) is 0 Å². The summed E-state index contributed by atoms with van der Waals surface area (Å²) in [5.74, 6) is -1.09. The van der Waals surface area contributed by atoms with Gasteiger partial charge in [-0.1, -0.05) is 23.8 Å². The van der Waals surface area contributed by atoms with Crippen molar-refractivity contribution < 1.29 is 14.7 Å². The third kappa shape index (κ3) is 5.01. The number of benzene rings is 1. The highest BCUT2D eigenvalue weighted by molar-refractivity contribution is 5.92. The van der Waals surface area contributed by atoms with Gasteiger partial charge < -0.3 is 10.0 Å². The highest BCUT2D eigenvalue weighted by atomic mass is 16.4. The van der Waals surface area contributed by atoms with Crippen molar-refractivity contribution >= 4 is 11.9 Å². The summed E-state index contributed by atoms with van der Waals surface area (Å²) in [4.78, 5) is 37.9. The van der Waals surface area contributed by atoms with Crippen molar-refractivity contribution in [1.29, 1.82) is 0 Å². The molecule has 0 aliphatic heterocycles. The van der Waals surface area contributed by atoms with E-state index < -0.39 is 5.97 Å². The topological polar surface area (TPSA) is 96.3 Å². The number of carboxylic acid groups (broad SMARTS) is 1. The van der Waals surface area contributed by atoms with E-state index in [9.17, 15) is 9.59 Å². The molecule has 3 rings (SSSR count). The van der Waals surface area contributed by atoms with E-state index in [4.69, 9.17) is 5.11 Å². The van der Waals surface area contributed by atoms with Gasteiger partial charge in [-0.2, -0.15) is 0 Å². The van der Waals surface area contributed by atoms with Gasteiger partial charge in [-0.15, -0.1) is 0 Å². The molecule has 2 aromatic heterocycles. The Morgan fingerprint density at radius 3 is 2.59 bits per heavy atom. The van der Waals surface area contributed by atoms with Gasteiger partial charge >= 0.3 is 5.97 Å². The maximum atomic E-state index is 12.8. The number of carbonyl (C=O) groups is 2. The highest BCUT2D eigenvalue weighted by Crippen LogP contribution is 2.27. The summed E-state index contributed by atoms with van der Waals surface area (Å²) in [5.41, 5.74) is 4.69. The molecule has 1 N–H and O–H groups in total. The van der Waals surface area contributed by atoms with Crippen LogP contribution in [0.3, 0.4) is 0 Å². The number of aromatic nitrogens is 3. The van der Waals surface area contributed by atoms with E-state index in [1.807, 2.05) is 38.1 Å². The molecule has 0 aliphatic rings. The Morgan fingerprint density at radius 1 is 1.07 bits per heavy atom. The van der Waals surface area contributed by atoms with Gasteiger partial charge in [0.05, 0.1) is 12.6 Å². The minimum Gasteiger partial charge on any atom is -0.481 e. The summed E-state index contributed by atoms with van der Waals surface area (Å²) >= 11 is 0. The number of aliphatic carboxylic acids is 1. The molecule has 29 heavy (non-hydrogen) atoms. The van der Waals surface area contributed by atoms with Crippen LogP contribution < -0.4 is 0 Å². The Morgan fingerprint density at radius 2 is 1.90 bits per heavy atom. The number of nitrogens with zero attached hydrogens (tertiary/aromatic N) is 4. The largest absolute Gasteiger partial charge is 0.481 e. The molecule has 0 atom stereocenters. The van der Waals surface area contributed by atoms with Crippen LogP contribution in [-0.4, -0.2) is 43.4 Å². The Kier molecular flexibility index (Phi) is 6.29. The van der Waals surface area contributed by atoms with Crippen LogP contribution in [0.4, 0.5) is 0 Å². The second-order valence-corrected chi connectivity index (χ2v) is 6.72. The first-order valence-corrected chi connectivity index (χ1v) is 9.29. The van der Waals surface area contributed by atoms with Gasteiger partial charge in [-0.3, -0.25) is 19.6 Å². The van der Waals surface area contributed by atoms with Gasteiger partial charge in [0.15, 0.2) is 0 Å². The highest BCUT2D eigenvalue weighted by Gasteiger charge is 2.18. The van der Waals surface area contributed by atoms with Crippen LogP contribution in [-0.2, 0) is 17.8 Å². The zero-order valence-corrected chi connectivity index (χ0v) is 16.4. The van der Waals surface area contributed by atoms with Crippen LogP contribution in [0, 0.1) is 6.92 Å². The average molecular weight is 390 g/mol. The van der Waals surface area contributed by atoms with Gasteiger partial charge in [0, 0.05) is 43.4 Å². The normalized spacial score (nSPS) is 10.6.